The van der Waals surface area contributed by atoms with Gasteiger partial charge in [-0.3, -0.25) is 4.98 Å². The molecule has 0 unspecified atom stereocenters. The average molecular weight is 262 g/mol. The largest absolute Gasteiger partial charge is 0.417 e. The summed E-state index contributed by atoms with van der Waals surface area (Å²) in [5.41, 5.74) is 0.503. The molecule has 0 saturated heterocycles. The van der Waals surface area contributed by atoms with Gasteiger partial charge in [0.25, 0.3) is 0 Å². The summed E-state index contributed by atoms with van der Waals surface area (Å²) < 4.78 is 38.9. The van der Waals surface area contributed by atoms with Crippen molar-refractivity contribution < 1.29 is 13.2 Å². The molecule has 2 aromatic rings. The van der Waals surface area contributed by atoms with Crippen LogP contribution in [-0.2, 0) is 6.18 Å². The lowest BCUT2D eigenvalue weighted by atomic mass is 9.97. The third-order valence-corrected chi connectivity index (χ3v) is 2.64. The first-order valence-electron chi connectivity index (χ1n) is 5.45. The predicted molar refractivity (Wildman–Crippen MR) is 64.1 cm³/mol. The lowest BCUT2D eigenvalue weighted by Gasteiger charge is -2.13. The summed E-state index contributed by atoms with van der Waals surface area (Å²) in [6, 6.07) is 6.78. The first-order chi connectivity index (χ1) is 8.91. The molecule has 96 valence electrons. The number of nitrogens with zero attached hydrogens (tertiary/aromatic N) is 2. The number of benzene rings is 1. The Kier molecular flexibility index (Phi) is 3.26. The van der Waals surface area contributed by atoms with Gasteiger partial charge < -0.3 is 0 Å². The van der Waals surface area contributed by atoms with Crippen molar-refractivity contribution in [3.05, 3.63) is 53.3 Å². The number of pyridine rings is 1. The molecule has 0 aliphatic heterocycles. The summed E-state index contributed by atoms with van der Waals surface area (Å²) in [5.74, 6) is 0. The molecule has 0 aliphatic rings. The van der Waals surface area contributed by atoms with Gasteiger partial charge in [-0.05, 0) is 42.3 Å². The van der Waals surface area contributed by atoms with Gasteiger partial charge in [-0.1, -0.05) is 0 Å². The van der Waals surface area contributed by atoms with Gasteiger partial charge >= 0.3 is 6.18 Å². The molecule has 0 spiro atoms. The van der Waals surface area contributed by atoms with Crippen molar-refractivity contribution in [2.45, 2.75) is 13.1 Å². The van der Waals surface area contributed by atoms with Crippen LogP contribution in [0.4, 0.5) is 13.2 Å². The molecule has 0 fully saturated rings. The Bertz CT molecular complexity index is 654. The van der Waals surface area contributed by atoms with Crippen LogP contribution >= 0.6 is 0 Å². The summed E-state index contributed by atoms with van der Waals surface area (Å²) in [5, 5.41) is 8.81. The van der Waals surface area contributed by atoms with Crippen molar-refractivity contribution in [1.82, 2.24) is 4.98 Å². The number of nitriles is 1. The minimum absolute atomic E-state index is 0.0252. The third kappa shape index (κ3) is 2.74. The average Bonchev–Trinajstić information content (AvgIpc) is 2.37. The van der Waals surface area contributed by atoms with Crippen LogP contribution in [-0.4, -0.2) is 4.98 Å². The monoisotopic (exact) mass is 262 g/mol. The molecule has 5 heteroatoms. The fourth-order valence-electron chi connectivity index (χ4n) is 1.80. The van der Waals surface area contributed by atoms with Crippen LogP contribution < -0.4 is 0 Å². The number of halogens is 3. The lowest BCUT2D eigenvalue weighted by molar-refractivity contribution is -0.137. The van der Waals surface area contributed by atoms with Crippen LogP contribution in [0.25, 0.3) is 11.1 Å². The van der Waals surface area contributed by atoms with Crippen LogP contribution in [0, 0.1) is 18.3 Å². The highest BCUT2D eigenvalue weighted by atomic mass is 19.4. The topological polar surface area (TPSA) is 36.7 Å². The molecule has 1 aromatic carbocycles. The Morgan fingerprint density at radius 3 is 2.47 bits per heavy atom. The molecule has 0 saturated carbocycles. The van der Waals surface area contributed by atoms with Crippen molar-refractivity contribution in [1.29, 1.82) is 5.26 Å². The zero-order chi connectivity index (χ0) is 14.0. The number of aryl methyl sites for hydroxylation is 1. The van der Waals surface area contributed by atoms with Crippen molar-refractivity contribution in [2.24, 2.45) is 0 Å². The van der Waals surface area contributed by atoms with E-state index >= 15 is 0 Å². The van der Waals surface area contributed by atoms with Gasteiger partial charge in [-0.25, -0.2) is 0 Å². The first-order valence-corrected chi connectivity index (χ1v) is 5.45. The maximum Gasteiger partial charge on any atom is 0.417 e. The number of hydrogen-bond donors (Lipinski definition) is 0. The van der Waals surface area contributed by atoms with Gasteiger partial charge in [-0.2, -0.15) is 18.4 Å². The molecule has 0 aliphatic carbocycles. The molecule has 2 nitrogen and oxygen atoms in total. The minimum atomic E-state index is -4.47. The van der Waals surface area contributed by atoms with Crippen LogP contribution in [0.3, 0.4) is 0 Å². The Hall–Kier alpha value is -2.35. The molecule has 0 radical (unpaired) electrons. The summed E-state index contributed by atoms with van der Waals surface area (Å²) in [6.07, 6.45) is -1.54. The maximum absolute atomic E-state index is 13.0. The number of aromatic nitrogens is 1. The molecule has 1 aromatic heterocycles. The highest BCUT2D eigenvalue weighted by Crippen LogP contribution is 2.37. The van der Waals surface area contributed by atoms with E-state index in [1.54, 1.807) is 19.2 Å². The zero-order valence-electron chi connectivity index (χ0n) is 9.99. The maximum atomic E-state index is 13.0. The van der Waals surface area contributed by atoms with E-state index in [1.165, 1.54) is 12.3 Å². The van der Waals surface area contributed by atoms with E-state index in [-0.39, 0.29) is 11.1 Å². The highest BCUT2D eigenvalue weighted by molar-refractivity contribution is 5.69. The van der Waals surface area contributed by atoms with E-state index in [2.05, 4.69) is 4.98 Å². The standard InChI is InChI=1S/C14H9F3N2/c1-9-4-11(8-19-7-9)12-5-10(6-18)2-3-13(12)14(15,16)17/h2-5,7-8H,1H3. The van der Waals surface area contributed by atoms with E-state index in [4.69, 9.17) is 5.26 Å². The Morgan fingerprint density at radius 2 is 1.89 bits per heavy atom. The lowest BCUT2D eigenvalue weighted by Crippen LogP contribution is -2.07. The van der Waals surface area contributed by atoms with E-state index in [0.717, 1.165) is 17.7 Å². The van der Waals surface area contributed by atoms with E-state index < -0.39 is 11.7 Å². The van der Waals surface area contributed by atoms with Gasteiger partial charge in [0.05, 0.1) is 17.2 Å². The number of alkyl halides is 3. The van der Waals surface area contributed by atoms with Gasteiger partial charge in [-0.15, -0.1) is 0 Å². The minimum Gasteiger partial charge on any atom is -0.264 e. The van der Waals surface area contributed by atoms with Gasteiger partial charge in [0, 0.05) is 18.0 Å². The van der Waals surface area contributed by atoms with Crippen LogP contribution in [0.2, 0.25) is 0 Å². The second-order valence-corrected chi connectivity index (χ2v) is 4.12. The summed E-state index contributed by atoms with van der Waals surface area (Å²) in [4.78, 5) is 3.89. The molecule has 0 amide bonds. The van der Waals surface area contributed by atoms with Crippen LogP contribution in [0.15, 0.2) is 36.7 Å². The van der Waals surface area contributed by atoms with Crippen molar-refractivity contribution >= 4 is 0 Å². The molecule has 0 N–H and O–H groups in total. The second kappa shape index (κ2) is 4.73. The van der Waals surface area contributed by atoms with Crippen molar-refractivity contribution in [3.8, 4) is 17.2 Å². The third-order valence-electron chi connectivity index (χ3n) is 2.64. The van der Waals surface area contributed by atoms with Gasteiger partial charge in [0.1, 0.15) is 0 Å². The fourth-order valence-corrected chi connectivity index (χ4v) is 1.80. The fraction of sp³-hybridized carbons (Fsp3) is 0.143. The zero-order valence-corrected chi connectivity index (χ0v) is 9.99. The summed E-state index contributed by atoms with van der Waals surface area (Å²) in [6.45, 7) is 1.75. The summed E-state index contributed by atoms with van der Waals surface area (Å²) >= 11 is 0. The molecule has 0 atom stereocenters. The van der Waals surface area contributed by atoms with E-state index in [1.807, 2.05) is 6.07 Å². The predicted octanol–water partition coefficient (Wildman–Crippen LogP) is 3.95. The second-order valence-electron chi connectivity index (χ2n) is 4.12. The smallest absolute Gasteiger partial charge is 0.264 e. The Labute approximate surface area is 108 Å². The SMILES string of the molecule is Cc1cncc(-c2cc(C#N)ccc2C(F)(F)F)c1. The molecule has 19 heavy (non-hydrogen) atoms. The van der Waals surface area contributed by atoms with Crippen LogP contribution in [0.5, 0.6) is 0 Å². The molecule has 2 rings (SSSR count). The van der Waals surface area contributed by atoms with Gasteiger partial charge in [0.2, 0.25) is 0 Å². The Morgan fingerprint density at radius 1 is 1.16 bits per heavy atom. The number of hydrogen-bond acceptors (Lipinski definition) is 2. The number of rotatable bonds is 1. The molecular weight excluding hydrogens is 253 g/mol. The first kappa shape index (κ1) is 13.1. The van der Waals surface area contributed by atoms with E-state index in [0.29, 0.717) is 5.56 Å². The molecule has 0 bridgehead atoms. The van der Waals surface area contributed by atoms with Crippen molar-refractivity contribution in [3.63, 3.8) is 0 Å². The van der Waals surface area contributed by atoms with Crippen LogP contribution in [0.1, 0.15) is 16.7 Å². The van der Waals surface area contributed by atoms with Crippen molar-refractivity contribution in [2.75, 3.05) is 0 Å². The normalized spacial score (nSPS) is 11.1. The Balaban J connectivity index is 2.69. The van der Waals surface area contributed by atoms with Gasteiger partial charge in [0.15, 0.2) is 0 Å². The highest BCUT2D eigenvalue weighted by Gasteiger charge is 2.33. The van der Waals surface area contributed by atoms with E-state index in [9.17, 15) is 13.2 Å². The molecule has 1 heterocycles. The summed E-state index contributed by atoms with van der Waals surface area (Å²) in [7, 11) is 0. The molecular formula is C14H9F3N2. The quantitative estimate of drug-likeness (QED) is 0.780.